The van der Waals surface area contributed by atoms with Crippen molar-refractivity contribution in [3.05, 3.63) is 78.4 Å². The third-order valence-electron chi connectivity index (χ3n) is 3.93. The van der Waals surface area contributed by atoms with Gasteiger partial charge in [0.15, 0.2) is 0 Å². The molecule has 23 heavy (non-hydrogen) atoms. The second-order valence-corrected chi connectivity index (χ2v) is 5.47. The van der Waals surface area contributed by atoms with Gasteiger partial charge in [-0.15, -0.1) is 0 Å². The Hall–Kier alpha value is -2.72. The quantitative estimate of drug-likeness (QED) is 0.802. The lowest BCUT2D eigenvalue weighted by atomic mass is 9.92. The van der Waals surface area contributed by atoms with Crippen LogP contribution in [-0.2, 0) is 5.60 Å². The molecule has 1 atom stereocenters. The first-order valence-electron chi connectivity index (χ1n) is 7.35. The van der Waals surface area contributed by atoms with Crippen LogP contribution in [-0.4, -0.2) is 22.2 Å². The zero-order valence-corrected chi connectivity index (χ0v) is 13.1. The molecule has 0 amide bonds. The van der Waals surface area contributed by atoms with Crippen LogP contribution in [0.5, 0.6) is 5.75 Å². The van der Waals surface area contributed by atoms with Crippen molar-refractivity contribution in [3.8, 4) is 16.9 Å². The molecule has 0 bridgehead atoms. The predicted molar refractivity (Wildman–Crippen MR) is 89.1 cm³/mol. The molecule has 0 saturated carbocycles. The molecule has 0 fully saturated rings. The molecule has 0 saturated heterocycles. The average molecular weight is 306 g/mol. The topological polar surface area (TPSA) is 55.2 Å². The van der Waals surface area contributed by atoms with E-state index >= 15 is 0 Å². The van der Waals surface area contributed by atoms with E-state index in [1.807, 2.05) is 36.4 Å². The van der Waals surface area contributed by atoms with Crippen LogP contribution in [0.2, 0.25) is 0 Å². The highest BCUT2D eigenvalue weighted by Gasteiger charge is 2.26. The highest BCUT2D eigenvalue weighted by Crippen LogP contribution is 2.29. The zero-order valence-electron chi connectivity index (χ0n) is 13.1. The summed E-state index contributed by atoms with van der Waals surface area (Å²) in [6, 6.07) is 15.2. The van der Waals surface area contributed by atoms with Crippen molar-refractivity contribution < 1.29 is 9.84 Å². The standard InChI is InChI=1S/C19H18N2O2/c1-19(22,16-9-11-20-12-10-16)18-8-5-15(13-21-18)14-3-6-17(23-2)7-4-14/h3-13,22H,1-2H3/t19-/m1/s1. The summed E-state index contributed by atoms with van der Waals surface area (Å²) < 4.78 is 5.16. The van der Waals surface area contributed by atoms with Crippen molar-refractivity contribution in [2.75, 3.05) is 7.11 Å². The van der Waals surface area contributed by atoms with E-state index in [0.29, 0.717) is 5.69 Å². The molecule has 0 aliphatic carbocycles. The fourth-order valence-corrected chi connectivity index (χ4v) is 2.46. The lowest BCUT2D eigenvalue weighted by Gasteiger charge is -2.23. The minimum absolute atomic E-state index is 0.598. The Balaban J connectivity index is 1.89. The van der Waals surface area contributed by atoms with Gasteiger partial charge in [0.1, 0.15) is 11.4 Å². The molecule has 2 aromatic heterocycles. The van der Waals surface area contributed by atoms with Crippen LogP contribution in [0.3, 0.4) is 0 Å². The van der Waals surface area contributed by atoms with E-state index < -0.39 is 5.60 Å². The molecule has 0 aliphatic heterocycles. The lowest BCUT2D eigenvalue weighted by molar-refractivity contribution is 0.0973. The highest BCUT2D eigenvalue weighted by atomic mass is 16.5. The maximum absolute atomic E-state index is 10.8. The monoisotopic (exact) mass is 306 g/mol. The van der Waals surface area contributed by atoms with E-state index in [-0.39, 0.29) is 0 Å². The fraction of sp³-hybridized carbons (Fsp3) is 0.158. The maximum Gasteiger partial charge on any atom is 0.129 e. The Bertz CT molecular complexity index is 767. The van der Waals surface area contributed by atoms with Gasteiger partial charge >= 0.3 is 0 Å². The molecule has 0 aliphatic rings. The van der Waals surface area contributed by atoms with Gasteiger partial charge in [0, 0.05) is 24.2 Å². The minimum atomic E-state index is -1.15. The van der Waals surface area contributed by atoms with Crippen LogP contribution in [0.25, 0.3) is 11.1 Å². The van der Waals surface area contributed by atoms with Crippen molar-refractivity contribution in [1.82, 2.24) is 9.97 Å². The van der Waals surface area contributed by atoms with Gasteiger partial charge < -0.3 is 9.84 Å². The van der Waals surface area contributed by atoms with Crippen molar-refractivity contribution in [3.63, 3.8) is 0 Å². The Labute approximate surface area is 135 Å². The van der Waals surface area contributed by atoms with Gasteiger partial charge in [0.25, 0.3) is 0 Å². The fourth-order valence-electron chi connectivity index (χ4n) is 2.46. The van der Waals surface area contributed by atoms with Gasteiger partial charge in [-0.25, -0.2) is 0 Å². The minimum Gasteiger partial charge on any atom is -0.497 e. The van der Waals surface area contributed by atoms with Gasteiger partial charge in [-0.2, -0.15) is 0 Å². The number of rotatable bonds is 4. The second kappa shape index (κ2) is 6.18. The van der Waals surface area contributed by atoms with Crippen LogP contribution in [0.15, 0.2) is 67.1 Å². The van der Waals surface area contributed by atoms with Crippen molar-refractivity contribution in [2.24, 2.45) is 0 Å². The number of aliphatic hydroxyl groups is 1. The molecule has 4 heteroatoms. The predicted octanol–water partition coefficient (Wildman–Crippen LogP) is 3.41. The van der Waals surface area contributed by atoms with Crippen LogP contribution < -0.4 is 4.74 Å². The van der Waals surface area contributed by atoms with Gasteiger partial charge in [-0.1, -0.05) is 18.2 Å². The second-order valence-electron chi connectivity index (χ2n) is 5.47. The maximum atomic E-state index is 10.8. The third kappa shape index (κ3) is 3.07. The Kier molecular flexibility index (Phi) is 4.08. The van der Waals surface area contributed by atoms with Crippen LogP contribution in [0.4, 0.5) is 0 Å². The first-order valence-corrected chi connectivity index (χ1v) is 7.35. The SMILES string of the molecule is COc1ccc(-c2ccc([C@](C)(O)c3ccncc3)nc2)cc1. The molecular weight excluding hydrogens is 288 g/mol. The molecule has 3 aromatic rings. The van der Waals surface area contributed by atoms with Crippen LogP contribution in [0.1, 0.15) is 18.2 Å². The third-order valence-corrected chi connectivity index (χ3v) is 3.93. The number of pyridine rings is 2. The van der Waals surface area contributed by atoms with Gasteiger partial charge in [0.05, 0.1) is 12.8 Å². The van der Waals surface area contributed by atoms with E-state index in [2.05, 4.69) is 9.97 Å². The molecular formula is C19H18N2O2. The summed E-state index contributed by atoms with van der Waals surface area (Å²) in [5.41, 5.74) is 2.25. The molecule has 1 aromatic carbocycles. The normalized spacial score (nSPS) is 13.3. The number of benzene rings is 1. The van der Waals surface area contributed by atoms with Crippen LogP contribution in [0, 0.1) is 0 Å². The number of hydrogen-bond acceptors (Lipinski definition) is 4. The van der Waals surface area contributed by atoms with E-state index in [1.54, 1.807) is 44.8 Å². The first-order chi connectivity index (χ1) is 11.1. The Morgan fingerprint density at radius 2 is 1.57 bits per heavy atom. The molecule has 0 radical (unpaired) electrons. The summed E-state index contributed by atoms with van der Waals surface area (Å²) in [6.45, 7) is 1.73. The molecule has 3 rings (SSSR count). The molecule has 2 heterocycles. The molecule has 4 nitrogen and oxygen atoms in total. The van der Waals surface area contributed by atoms with Gasteiger partial charge in [0.2, 0.25) is 0 Å². The summed E-state index contributed by atoms with van der Waals surface area (Å²) in [5, 5.41) is 10.8. The van der Waals surface area contributed by atoms with Crippen molar-refractivity contribution >= 4 is 0 Å². The Morgan fingerprint density at radius 3 is 2.13 bits per heavy atom. The lowest BCUT2D eigenvalue weighted by Crippen LogP contribution is -2.24. The van der Waals surface area contributed by atoms with Gasteiger partial charge in [-0.05, 0) is 48.4 Å². The van der Waals surface area contributed by atoms with E-state index in [1.165, 1.54) is 0 Å². The Morgan fingerprint density at radius 1 is 0.913 bits per heavy atom. The summed E-state index contributed by atoms with van der Waals surface area (Å²) in [6.07, 6.45) is 5.10. The largest absolute Gasteiger partial charge is 0.497 e. The summed E-state index contributed by atoms with van der Waals surface area (Å²) in [5.74, 6) is 0.818. The number of ether oxygens (including phenoxy) is 1. The van der Waals surface area contributed by atoms with E-state index in [4.69, 9.17) is 4.74 Å². The molecule has 0 spiro atoms. The molecule has 116 valence electrons. The summed E-state index contributed by atoms with van der Waals surface area (Å²) >= 11 is 0. The average Bonchev–Trinajstić information content (AvgIpc) is 2.63. The first kappa shape index (κ1) is 15.2. The number of hydrogen-bond donors (Lipinski definition) is 1. The van der Waals surface area contributed by atoms with Crippen molar-refractivity contribution in [1.29, 1.82) is 0 Å². The smallest absolute Gasteiger partial charge is 0.129 e. The molecule has 1 N–H and O–H groups in total. The zero-order chi connectivity index (χ0) is 16.3. The van der Waals surface area contributed by atoms with E-state index in [0.717, 1.165) is 22.4 Å². The molecule has 0 unspecified atom stereocenters. The van der Waals surface area contributed by atoms with E-state index in [9.17, 15) is 5.11 Å². The van der Waals surface area contributed by atoms with Crippen molar-refractivity contribution in [2.45, 2.75) is 12.5 Å². The number of methoxy groups -OCH3 is 1. The van der Waals surface area contributed by atoms with Gasteiger partial charge in [-0.3, -0.25) is 9.97 Å². The summed E-state index contributed by atoms with van der Waals surface area (Å²) in [7, 11) is 1.65. The summed E-state index contributed by atoms with van der Waals surface area (Å²) in [4.78, 5) is 8.42. The number of aromatic nitrogens is 2. The number of nitrogens with zero attached hydrogens (tertiary/aromatic N) is 2. The van der Waals surface area contributed by atoms with Crippen LogP contribution >= 0.6 is 0 Å². The highest BCUT2D eigenvalue weighted by molar-refractivity contribution is 5.63.